The molecule has 4 heteroatoms. The number of ether oxygens (including phenoxy) is 1. The fraction of sp³-hybridized carbons (Fsp3) is 0.889. The standard InChI is InChI=1S/C9H18N2O2/c1-7(10)9(12)11-5-3-4-8(11)6-13-2/h7-8H,3-6,10H2,1-2H3/t7-,8+/m0/s1. The number of rotatable bonds is 3. The summed E-state index contributed by atoms with van der Waals surface area (Å²) in [6.07, 6.45) is 2.10. The number of amides is 1. The molecule has 1 rings (SSSR count). The molecule has 2 N–H and O–H groups in total. The Morgan fingerprint density at radius 2 is 2.46 bits per heavy atom. The zero-order chi connectivity index (χ0) is 9.84. The number of carbonyl (C=O) groups is 1. The van der Waals surface area contributed by atoms with Crippen LogP contribution in [-0.4, -0.2) is 43.2 Å². The topological polar surface area (TPSA) is 55.6 Å². The molecule has 0 aromatic rings. The lowest BCUT2D eigenvalue weighted by atomic mass is 10.2. The third-order valence-corrected chi connectivity index (χ3v) is 2.41. The summed E-state index contributed by atoms with van der Waals surface area (Å²) in [6.45, 7) is 3.18. The molecule has 1 aliphatic heterocycles. The third-order valence-electron chi connectivity index (χ3n) is 2.41. The van der Waals surface area contributed by atoms with Gasteiger partial charge in [0.25, 0.3) is 0 Å². The van der Waals surface area contributed by atoms with Crippen molar-refractivity contribution in [3.63, 3.8) is 0 Å². The van der Waals surface area contributed by atoms with Gasteiger partial charge in [-0.25, -0.2) is 0 Å². The van der Waals surface area contributed by atoms with Gasteiger partial charge in [-0.1, -0.05) is 0 Å². The second-order valence-electron chi connectivity index (χ2n) is 3.57. The van der Waals surface area contributed by atoms with E-state index in [0.29, 0.717) is 6.61 Å². The van der Waals surface area contributed by atoms with Gasteiger partial charge in [0, 0.05) is 13.7 Å². The number of carbonyl (C=O) groups excluding carboxylic acids is 1. The molecule has 4 nitrogen and oxygen atoms in total. The molecule has 1 heterocycles. The van der Waals surface area contributed by atoms with Crippen molar-refractivity contribution in [2.75, 3.05) is 20.3 Å². The summed E-state index contributed by atoms with van der Waals surface area (Å²) in [5.41, 5.74) is 5.54. The Kier molecular flexibility index (Phi) is 3.69. The van der Waals surface area contributed by atoms with E-state index in [4.69, 9.17) is 10.5 Å². The van der Waals surface area contributed by atoms with Gasteiger partial charge in [-0.05, 0) is 19.8 Å². The molecule has 2 atom stereocenters. The van der Waals surface area contributed by atoms with Crippen molar-refractivity contribution in [2.24, 2.45) is 5.73 Å². The van der Waals surface area contributed by atoms with Gasteiger partial charge in [0.1, 0.15) is 0 Å². The van der Waals surface area contributed by atoms with Crippen LogP contribution < -0.4 is 5.73 Å². The monoisotopic (exact) mass is 186 g/mol. The molecule has 0 aromatic heterocycles. The second kappa shape index (κ2) is 4.58. The van der Waals surface area contributed by atoms with Gasteiger partial charge >= 0.3 is 0 Å². The SMILES string of the molecule is COC[C@H]1CCCN1C(=O)[C@H](C)N. The Morgan fingerprint density at radius 1 is 1.77 bits per heavy atom. The highest BCUT2D eigenvalue weighted by Gasteiger charge is 2.29. The van der Waals surface area contributed by atoms with Crippen LogP contribution >= 0.6 is 0 Å². The zero-order valence-electron chi connectivity index (χ0n) is 8.32. The molecule has 1 saturated heterocycles. The average molecular weight is 186 g/mol. The van der Waals surface area contributed by atoms with E-state index in [1.165, 1.54) is 0 Å². The Bertz CT molecular complexity index is 182. The summed E-state index contributed by atoms with van der Waals surface area (Å²) >= 11 is 0. The largest absolute Gasteiger partial charge is 0.383 e. The van der Waals surface area contributed by atoms with Crippen molar-refractivity contribution >= 4 is 5.91 Å². The van der Waals surface area contributed by atoms with Gasteiger partial charge < -0.3 is 15.4 Å². The van der Waals surface area contributed by atoms with Gasteiger partial charge in [-0.15, -0.1) is 0 Å². The van der Waals surface area contributed by atoms with Gasteiger partial charge in [0.05, 0.1) is 18.7 Å². The number of hydrogen-bond donors (Lipinski definition) is 1. The van der Waals surface area contributed by atoms with Crippen LogP contribution in [0.4, 0.5) is 0 Å². The minimum absolute atomic E-state index is 0.0413. The molecule has 0 saturated carbocycles. The van der Waals surface area contributed by atoms with Crippen LogP contribution in [0.1, 0.15) is 19.8 Å². The first-order valence-corrected chi connectivity index (χ1v) is 4.71. The fourth-order valence-corrected chi connectivity index (χ4v) is 1.75. The summed E-state index contributed by atoms with van der Waals surface area (Å²) in [5.74, 6) is 0.0413. The van der Waals surface area contributed by atoms with Crippen LogP contribution in [0.25, 0.3) is 0 Å². The molecule has 13 heavy (non-hydrogen) atoms. The normalized spacial score (nSPS) is 24.8. The lowest BCUT2D eigenvalue weighted by Crippen LogP contribution is -2.45. The van der Waals surface area contributed by atoms with E-state index in [2.05, 4.69) is 0 Å². The summed E-state index contributed by atoms with van der Waals surface area (Å²) < 4.78 is 5.05. The molecule has 76 valence electrons. The highest BCUT2D eigenvalue weighted by molar-refractivity contribution is 5.81. The quantitative estimate of drug-likeness (QED) is 0.673. The Balaban J connectivity index is 2.52. The van der Waals surface area contributed by atoms with Crippen LogP contribution in [0.2, 0.25) is 0 Å². The van der Waals surface area contributed by atoms with E-state index in [1.807, 2.05) is 4.90 Å². The number of likely N-dealkylation sites (tertiary alicyclic amines) is 1. The van der Waals surface area contributed by atoms with Crippen molar-refractivity contribution in [1.82, 2.24) is 4.90 Å². The van der Waals surface area contributed by atoms with E-state index >= 15 is 0 Å². The number of nitrogens with zero attached hydrogens (tertiary/aromatic N) is 1. The van der Waals surface area contributed by atoms with E-state index < -0.39 is 6.04 Å². The molecule has 1 amide bonds. The van der Waals surface area contributed by atoms with Gasteiger partial charge in [-0.2, -0.15) is 0 Å². The number of nitrogens with two attached hydrogens (primary N) is 1. The number of hydrogen-bond acceptors (Lipinski definition) is 3. The van der Waals surface area contributed by atoms with E-state index in [0.717, 1.165) is 19.4 Å². The number of methoxy groups -OCH3 is 1. The Morgan fingerprint density at radius 3 is 3.00 bits per heavy atom. The summed E-state index contributed by atoms with van der Waals surface area (Å²) in [4.78, 5) is 13.4. The van der Waals surface area contributed by atoms with E-state index in [9.17, 15) is 4.79 Å². The minimum atomic E-state index is -0.391. The first kappa shape index (κ1) is 10.5. The smallest absolute Gasteiger partial charge is 0.239 e. The summed E-state index contributed by atoms with van der Waals surface area (Å²) in [7, 11) is 1.66. The maximum atomic E-state index is 11.6. The van der Waals surface area contributed by atoms with E-state index in [-0.39, 0.29) is 11.9 Å². The van der Waals surface area contributed by atoms with Crippen LogP contribution in [-0.2, 0) is 9.53 Å². The van der Waals surface area contributed by atoms with Crippen molar-refractivity contribution in [2.45, 2.75) is 31.8 Å². The Hall–Kier alpha value is -0.610. The minimum Gasteiger partial charge on any atom is -0.383 e. The summed E-state index contributed by atoms with van der Waals surface area (Å²) in [6, 6.07) is -0.152. The highest BCUT2D eigenvalue weighted by atomic mass is 16.5. The second-order valence-corrected chi connectivity index (χ2v) is 3.57. The van der Waals surface area contributed by atoms with Gasteiger partial charge in [0.2, 0.25) is 5.91 Å². The van der Waals surface area contributed by atoms with Crippen molar-refractivity contribution in [1.29, 1.82) is 0 Å². The first-order chi connectivity index (χ1) is 6.16. The third kappa shape index (κ3) is 2.42. The van der Waals surface area contributed by atoms with Gasteiger partial charge in [-0.3, -0.25) is 4.79 Å². The molecule has 0 aliphatic carbocycles. The van der Waals surface area contributed by atoms with Crippen LogP contribution in [0, 0.1) is 0 Å². The van der Waals surface area contributed by atoms with Crippen molar-refractivity contribution in [3.05, 3.63) is 0 Å². The lowest BCUT2D eigenvalue weighted by molar-refractivity contribution is -0.133. The maximum Gasteiger partial charge on any atom is 0.239 e. The molecule has 1 fully saturated rings. The molecule has 0 radical (unpaired) electrons. The maximum absolute atomic E-state index is 11.6. The zero-order valence-corrected chi connectivity index (χ0v) is 8.32. The average Bonchev–Trinajstić information content (AvgIpc) is 2.52. The van der Waals surface area contributed by atoms with Gasteiger partial charge in [0.15, 0.2) is 0 Å². The highest BCUT2D eigenvalue weighted by Crippen LogP contribution is 2.17. The Labute approximate surface area is 79.0 Å². The molecule has 0 bridgehead atoms. The molecule has 0 aromatic carbocycles. The molecule has 0 unspecified atom stereocenters. The molecule has 1 aliphatic rings. The van der Waals surface area contributed by atoms with Crippen LogP contribution in [0.5, 0.6) is 0 Å². The van der Waals surface area contributed by atoms with E-state index in [1.54, 1.807) is 14.0 Å². The molecule has 0 spiro atoms. The summed E-state index contributed by atoms with van der Waals surface area (Å²) in [5, 5.41) is 0. The fourth-order valence-electron chi connectivity index (χ4n) is 1.75. The molecular weight excluding hydrogens is 168 g/mol. The predicted molar refractivity (Wildman–Crippen MR) is 50.3 cm³/mol. The van der Waals surface area contributed by atoms with Crippen LogP contribution in [0.3, 0.4) is 0 Å². The van der Waals surface area contributed by atoms with Crippen LogP contribution in [0.15, 0.2) is 0 Å². The lowest BCUT2D eigenvalue weighted by Gasteiger charge is -2.25. The predicted octanol–water partition coefficient (Wildman–Crippen LogP) is -0.0290. The first-order valence-electron chi connectivity index (χ1n) is 4.71. The van der Waals surface area contributed by atoms with Crippen molar-refractivity contribution < 1.29 is 9.53 Å². The van der Waals surface area contributed by atoms with Crippen molar-refractivity contribution in [3.8, 4) is 0 Å². The molecular formula is C9H18N2O2.